The standard InChI is InChI=1S/C12H18ClN3O/c1-5-6-8(2)16(4)12-10(7-17)11(13)14-9(3)15-12/h7-8H,5-6H2,1-4H3. The number of anilines is 1. The molecule has 0 bridgehead atoms. The van der Waals surface area contributed by atoms with Crippen LogP contribution in [0.15, 0.2) is 0 Å². The summed E-state index contributed by atoms with van der Waals surface area (Å²) in [5, 5.41) is 0.220. The Bertz CT molecular complexity index is 409. The van der Waals surface area contributed by atoms with Crippen molar-refractivity contribution in [3.63, 3.8) is 0 Å². The van der Waals surface area contributed by atoms with E-state index in [9.17, 15) is 4.79 Å². The summed E-state index contributed by atoms with van der Waals surface area (Å²) in [6.45, 7) is 5.99. The van der Waals surface area contributed by atoms with Crippen LogP contribution in [0, 0.1) is 6.92 Å². The van der Waals surface area contributed by atoms with E-state index in [2.05, 4.69) is 23.8 Å². The fourth-order valence-corrected chi connectivity index (χ4v) is 1.97. The van der Waals surface area contributed by atoms with Gasteiger partial charge < -0.3 is 4.90 Å². The largest absolute Gasteiger partial charge is 0.356 e. The van der Waals surface area contributed by atoms with Gasteiger partial charge in [-0.05, 0) is 20.3 Å². The molecule has 1 aromatic heterocycles. The third-order valence-electron chi connectivity index (χ3n) is 2.81. The topological polar surface area (TPSA) is 46.1 Å². The van der Waals surface area contributed by atoms with Crippen LogP contribution in [0.2, 0.25) is 5.15 Å². The highest BCUT2D eigenvalue weighted by atomic mass is 35.5. The molecule has 0 aromatic carbocycles. The molecule has 94 valence electrons. The van der Waals surface area contributed by atoms with Crippen molar-refractivity contribution in [2.75, 3.05) is 11.9 Å². The number of aldehydes is 1. The molecule has 0 aliphatic heterocycles. The molecule has 4 nitrogen and oxygen atoms in total. The van der Waals surface area contributed by atoms with Gasteiger partial charge in [-0.15, -0.1) is 0 Å². The first-order valence-electron chi connectivity index (χ1n) is 5.73. The van der Waals surface area contributed by atoms with Crippen LogP contribution in [0.3, 0.4) is 0 Å². The Labute approximate surface area is 107 Å². The van der Waals surface area contributed by atoms with Gasteiger partial charge in [0.25, 0.3) is 0 Å². The van der Waals surface area contributed by atoms with Crippen molar-refractivity contribution in [3.8, 4) is 0 Å². The van der Waals surface area contributed by atoms with Crippen LogP contribution >= 0.6 is 11.6 Å². The average Bonchev–Trinajstić information content (AvgIpc) is 2.27. The molecule has 0 fully saturated rings. The Morgan fingerprint density at radius 3 is 2.65 bits per heavy atom. The zero-order chi connectivity index (χ0) is 13.0. The van der Waals surface area contributed by atoms with Gasteiger partial charge in [-0.25, -0.2) is 9.97 Å². The van der Waals surface area contributed by atoms with Crippen molar-refractivity contribution in [1.82, 2.24) is 9.97 Å². The molecule has 0 radical (unpaired) electrons. The molecule has 1 aromatic rings. The van der Waals surface area contributed by atoms with Crippen molar-refractivity contribution >= 4 is 23.7 Å². The summed E-state index contributed by atoms with van der Waals surface area (Å²) in [5.41, 5.74) is 0.364. The minimum absolute atomic E-state index is 0.220. The zero-order valence-corrected chi connectivity index (χ0v) is 11.5. The number of rotatable bonds is 5. The van der Waals surface area contributed by atoms with Gasteiger partial charge in [0.1, 0.15) is 16.8 Å². The van der Waals surface area contributed by atoms with Gasteiger partial charge in [0.05, 0.1) is 5.56 Å². The van der Waals surface area contributed by atoms with E-state index in [0.717, 1.165) is 12.8 Å². The molecular weight excluding hydrogens is 238 g/mol. The first kappa shape index (κ1) is 13.9. The number of nitrogens with zero attached hydrogens (tertiary/aromatic N) is 3. The highest BCUT2D eigenvalue weighted by Gasteiger charge is 2.18. The van der Waals surface area contributed by atoms with Crippen molar-refractivity contribution in [2.45, 2.75) is 39.7 Å². The molecule has 0 aliphatic carbocycles. The van der Waals surface area contributed by atoms with Gasteiger partial charge >= 0.3 is 0 Å². The summed E-state index contributed by atoms with van der Waals surface area (Å²) in [5.74, 6) is 1.18. The third-order valence-corrected chi connectivity index (χ3v) is 3.10. The fourth-order valence-electron chi connectivity index (χ4n) is 1.72. The van der Waals surface area contributed by atoms with E-state index in [1.54, 1.807) is 6.92 Å². The first-order valence-corrected chi connectivity index (χ1v) is 6.11. The lowest BCUT2D eigenvalue weighted by molar-refractivity contribution is 0.112. The summed E-state index contributed by atoms with van der Waals surface area (Å²) in [4.78, 5) is 21.3. The Morgan fingerprint density at radius 2 is 2.12 bits per heavy atom. The maximum absolute atomic E-state index is 11.1. The summed E-state index contributed by atoms with van der Waals surface area (Å²) < 4.78 is 0. The number of halogens is 1. The van der Waals surface area contributed by atoms with Crippen molar-refractivity contribution < 1.29 is 4.79 Å². The maximum atomic E-state index is 11.1. The van der Waals surface area contributed by atoms with Crippen LogP contribution < -0.4 is 4.90 Å². The Balaban J connectivity index is 3.15. The van der Waals surface area contributed by atoms with Gasteiger partial charge in [0.15, 0.2) is 6.29 Å². The fraction of sp³-hybridized carbons (Fsp3) is 0.583. The van der Waals surface area contributed by atoms with Gasteiger partial charge in [-0.3, -0.25) is 4.79 Å². The molecule has 1 atom stereocenters. The van der Waals surface area contributed by atoms with E-state index >= 15 is 0 Å². The van der Waals surface area contributed by atoms with Crippen molar-refractivity contribution in [1.29, 1.82) is 0 Å². The molecule has 1 heterocycles. The van der Waals surface area contributed by atoms with Crippen LogP contribution in [-0.4, -0.2) is 29.3 Å². The minimum atomic E-state index is 0.220. The Kier molecular flexibility index (Phi) is 4.87. The maximum Gasteiger partial charge on any atom is 0.156 e. The second kappa shape index (κ2) is 5.96. The van der Waals surface area contributed by atoms with Crippen molar-refractivity contribution in [3.05, 3.63) is 16.5 Å². The molecule has 5 heteroatoms. The van der Waals surface area contributed by atoms with E-state index in [1.807, 2.05) is 11.9 Å². The SMILES string of the molecule is CCCC(C)N(C)c1nc(C)nc(Cl)c1C=O. The average molecular weight is 256 g/mol. The molecule has 0 N–H and O–H groups in total. The number of carbonyl (C=O) groups excluding carboxylic acids is 1. The lowest BCUT2D eigenvalue weighted by Crippen LogP contribution is -2.30. The predicted molar refractivity (Wildman–Crippen MR) is 69.9 cm³/mol. The van der Waals surface area contributed by atoms with E-state index in [1.165, 1.54) is 0 Å². The smallest absolute Gasteiger partial charge is 0.156 e. The summed E-state index contributed by atoms with van der Waals surface area (Å²) in [6.07, 6.45) is 2.83. The summed E-state index contributed by atoms with van der Waals surface area (Å²) in [6, 6.07) is 0.309. The van der Waals surface area contributed by atoms with E-state index < -0.39 is 0 Å². The molecule has 1 rings (SSSR count). The molecule has 0 amide bonds. The van der Waals surface area contributed by atoms with Crippen LogP contribution in [-0.2, 0) is 0 Å². The number of hydrogen-bond acceptors (Lipinski definition) is 4. The van der Waals surface area contributed by atoms with Gasteiger partial charge in [0, 0.05) is 13.1 Å². The van der Waals surface area contributed by atoms with Crippen molar-refractivity contribution in [2.24, 2.45) is 0 Å². The number of aromatic nitrogens is 2. The molecule has 1 unspecified atom stereocenters. The van der Waals surface area contributed by atoms with Gasteiger partial charge in [-0.1, -0.05) is 24.9 Å². The molecule has 0 aliphatic rings. The van der Waals surface area contributed by atoms with Crippen LogP contribution in [0.1, 0.15) is 42.9 Å². The normalized spacial score (nSPS) is 12.3. The minimum Gasteiger partial charge on any atom is -0.356 e. The molecule has 0 saturated heterocycles. The van der Waals surface area contributed by atoms with E-state index in [-0.39, 0.29) is 5.15 Å². The highest BCUT2D eigenvalue weighted by molar-refractivity contribution is 6.32. The summed E-state index contributed by atoms with van der Waals surface area (Å²) >= 11 is 5.95. The molecule has 0 spiro atoms. The van der Waals surface area contributed by atoms with Gasteiger partial charge in [-0.2, -0.15) is 0 Å². The number of carbonyl (C=O) groups is 1. The molecule has 0 saturated carbocycles. The molecule has 17 heavy (non-hydrogen) atoms. The number of aryl methyl sites for hydroxylation is 1. The predicted octanol–water partition coefficient (Wildman–Crippen LogP) is 2.88. The van der Waals surface area contributed by atoms with Gasteiger partial charge in [0.2, 0.25) is 0 Å². The Hall–Kier alpha value is -1.16. The first-order chi connectivity index (χ1) is 8.01. The zero-order valence-electron chi connectivity index (χ0n) is 10.7. The van der Waals surface area contributed by atoms with Crippen LogP contribution in [0.5, 0.6) is 0 Å². The molecular formula is C12H18ClN3O. The lowest BCUT2D eigenvalue weighted by atomic mass is 10.1. The second-order valence-corrected chi connectivity index (χ2v) is 4.52. The monoisotopic (exact) mass is 255 g/mol. The second-order valence-electron chi connectivity index (χ2n) is 4.17. The van der Waals surface area contributed by atoms with Crippen LogP contribution in [0.4, 0.5) is 5.82 Å². The third kappa shape index (κ3) is 3.16. The Morgan fingerprint density at radius 1 is 1.47 bits per heavy atom. The lowest BCUT2D eigenvalue weighted by Gasteiger charge is -2.27. The van der Waals surface area contributed by atoms with E-state index in [0.29, 0.717) is 29.5 Å². The summed E-state index contributed by atoms with van der Waals surface area (Å²) in [7, 11) is 1.92. The highest BCUT2D eigenvalue weighted by Crippen LogP contribution is 2.24. The van der Waals surface area contributed by atoms with Crippen LogP contribution in [0.25, 0.3) is 0 Å². The quantitative estimate of drug-likeness (QED) is 0.600. The van der Waals surface area contributed by atoms with E-state index in [4.69, 9.17) is 11.6 Å². The number of hydrogen-bond donors (Lipinski definition) is 0.